The fraction of sp³-hybridized carbons (Fsp3) is 0.250. The minimum atomic E-state index is -0.208. The van der Waals surface area contributed by atoms with Crippen molar-refractivity contribution < 1.29 is 4.39 Å². The van der Waals surface area contributed by atoms with E-state index in [-0.39, 0.29) is 5.82 Å². The van der Waals surface area contributed by atoms with Gasteiger partial charge < -0.3 is 0 Å². The molecule has 1 saturated carbocycles. The van der Waals surface area contributed by atoms with Crippen molar-refractivity contribution in [1.82, 2.24) is 4.98 Å². The summed E-state index contributed by atoms with van der Waals surface area (Å²) in [5.41, 5.74) is 1.71. The Morgan fingerprint density at radius 2 is 2.19 bits per heavy atom. The molecule has 1 aliphatic rings. The van der Waals surface area contributed by atoms with E-state index in [1.165, 1.54) is 30.2 Å². The van der Waals surface area contributed by atoms with Gasteiger partial charge in [0.05, 0.1) is 5.69 Å². The maximum atomic E-state index is 13.6. The molecule has 0 radical (unpaired) electrons. The van der Waals surface area contributed by atoms with E-state index >= 15 is 0 Å². The summed E-state index contributed by atoms with van der Waals surface area (Å²) in [5, 5.41) is 2.83. The highest BCUT2D eigenvalue weighted by molar-refractivity contribution is 9.10. The fourth-order valence-corrected chi connectivity index (χ4v) is 2.92. The molecule has 1 aliphatic carbocycles. The number of aromatic nitrogens is 1. The number of hydrogen-bond acceptors (Lipinski definition) is 2. The van der Waals surface area contributed by atoms with Crippen LogP contribution in [0.4, 0.5) is 4.39 Å². The molecule has 1 aromatic carbocycles. The lowest BCUT2D eigenvalue weighted by Gasteiger charge is -1.99. The van der Waals surface area contributed by atoms with Gasteiger partial charge in [-0.2, -0.15) is 0 Å². The van der Waals surface area contributed by atoms with Crippen molar-refractivity contribution in [3.05, 3.63) is 39.6 Å². The first-order valence-electron chi connectivity index (χ1n) is 5.15. The third-order valence-electron chi connectivity index (χ3n) is 2.68. The van der Waals surface area contributed by atoms with Crippen molar-refractivity contribution in [2.75, 3.05) is 0 Å². The molecule has 1 nitrogen and oxygen atoms in total. The lowest BCUT2D eigenvalue weighted by atomic mass is 10.2. The van der Waals surface area contributed by atoms with Gasteiger partial charge in [-0.05, 0) is 31.0 Å². The van der Waals surface area contributed by atoms with E-state index in [1.54, 1.807) is 12.1 Å². The molecule has 0 unspecified atom stereocenters. The van der Waals surface area contributed by atoms with Crippen LogP contribution in [-0.4, -0.2) is 4.98 Å². The molecule has 4 heteroatoms. The number of thiazole rings is 1. The molecule has 0 N–H and O–H groups in total. The van der Waals surface area contributed by atoms with Crippen LogP contribution in [0.15, 0.2) is 28.1 Å². The second-order valence-corrected chi connectivity index (χ2v) is 5.75. The molecule has 2 aromatic rings. The molecule has 82 valence electrons. The number of nitrogens with zero attached hydrogens (tertiary/aromatic N) is 1. The number of rotatable bonds is 2. The van der Waals surface area contributed by atoms with Gasteiger partial charge in [0.15, 0.2) is 0 Å². The Bertz CT molecular complexity index is 534. The zero-order chi connectivity index (χ0) is 11.1. The standard InChI is InChI=1S/C12H9BrFNS/c13-8-3-4-10(14)9(5-8)12-15-11(6-16-12)7-1-2-7/h3-7H,1-2H2. The molecule has 0 saturated heterocycles. The molecule has 16 heavy (non-hydrogen) atoms. The molecule has 1 aromatic heterocycles. The van der Waals surface area contributed by atoms with Gasteiger partial charge in [-0.15, -0.1) is 11.3 Å². The Hall–Kier alpha value is -0.740. The predicted molar refractivity (Wildman–Crippen MR) is 67.2 cm³/mol. The van der Waals surface area contributed by atoms with Crippen molar-refractivity contribution in [1.29, 1.82) is 0 Å². The van der Waals surface area contributed by atoms with Crippen molar-refractivity contribution in [3.8, 4) is 10.6 Å². The number of benzene rings is 1. The zero-order valence-electron chi connectivity index (χ0n) is 8.41. The van der Waals surface area contributed by atoms with Gasteiger partial charge in [0.25, 0.3) is 0 Å². The molecular weight excluding hydrogens is 289 g/mol. The molecule has 1 fully saturated rings. The van der Waals surface area contributed by atoms with E-state index in [1.807, 2.05) is 5.38 Å². The summed E-state index contributed by atoms with van der Waals surface area (Å²) >= 11 is 4.87. The molecule has 0 spiro atoms. The highest BCUT2D eigenvalue weighted by atomic mass is 79.9. The van der Waals surface area contributed by atoms with E-state index in [9.17, 15) is 4.39 Å². The highest BCUT2D eigenvalue weighted by Gasteiger charge is 2.26. The van der Waals surface area contributed by atoms with Crippen LogP contribution in [0, 0.1) is 5.82 Å². The molecule has 0 atom stereocenters. The van der Waals surface area contributed by atoms with E-state index in [0.717, 1.165) is 15.2 Å². The van der Waals surface area contributed by atoms with Gasteiger partial charge in [-0.1, -0.05) is 15.9 Å². The third-order valence-corrected chi connectivity index (χ3v) is 4.06. The molecule has 3 rings (SSSR count). The van der Waals surface area contributed by atoms with Crippen LogP contribution < -0.4 is 0 Å². The second kappa shape index (κ2) is 3.93. The SMILES string of the molecule is Fc1ccc(Br)cc1-c1nc(C2CC2)cs1. The first-order valence-corrected chi connectivity index (χ1v) is 6.82. The Labute approximate surface area is 105 Å². The molecule has 0 aliphatic heterocycles. The lowest BCUT2D eigenvalue weighted by molar-refractivity contribution is 0.631. The summed E-state index contributed by atoms with van der Waals surface area (Å²) in [6.45, 7) is 0. The maximum Gasteiger partial charge on any atom is 0.133 e. The van der Waals surface area contributed by atoms with E-state index in [2.05, 4.69) is 20.9 Å². The third kappa shape index (κ3) is 1.92. The van der Waals surface area contributed by atoms with Crippen LogP contribution in [0.1, 0.15) is 24.5 Å². The Kier molecular flexibility index (Phi) is 2.56. The Morgan fingerprint density at radius 1 is 1.38 bits per heavy atom. The maximum absolute atomic E-state index is 13.6. The fourth-order valence-electron chi connectivity index (χ4n) is 1.64. The average Bonchev–Trinajstić information content (AvgIpc) is 3.01. The van der Waals surface area contributed by atoms with Crippen LogP contribution in [0.3, 0.4) is 0 Å². The van der Waals surface area contributed by atoms with Crippen LogP contribution in [0.2, 0.25) is 0 Å². The first kappa shape index (κ1) is 10.4. The van der Waals surface area contributed by atoms with Crippen LogP contribution in [-0.2, 0) is 0 Å². The van der Waals surface area contributed by atoms with E-state index < -0.39 is 0 Å². The first-order chi connectivity index (χ1) is 7.74. The van der Waals surface area contributed by atoms with Gasteiger partial charge in [0.1, 0.15) is 10.8 Å². The van der Waals surface area contributed by atoms with Crippen molar-refractivity contribution in [2.45, 2.75) is 18.8 Å². The highest BCUT2D eigenvalue weighted by Crippen LogP contribution is 2.41. The van der Waals surface area contributed by atoms with Gasteiger partial charge in [0.2, 0.25) is 0 Å². The zero-order valence-corrected chi connectivity index (χ0v) is 10.8. The monoisotopic (exact) mass is 297 g/mol. The van der Waals surface area contributed by atoms with Crippen LogP contribution in [0.25, 0.3) is 10.6 Å². The smallest absolute Gasteiger partial charge is 0.133 e. The lowest BCUT2D eigenvalue weighted by Crippen LogP contribution is -1.85. The second-order valence-electron chi connectivity index (χ2n) is 3.98. The van der Waals surface area contributed by atoms with Gasteiger partial charge >= 0.3 is 0 Å². The number of hydrogen-bond donors (Lipinski definition) is 0. The molecule has 1 heterocycles. The summed E-state index contributed by atoms with van der Waals surface area (Å²) in [4.78, 5) is 4.50. The van der Waals surface area contributed by atoms with Crippen molar-refractivity contribution in [2.24, 2.45) is 0 Å². The van der Waals surface area contributed by atoms with Crippen LogP contribution >= 0.6 is 27.3 Å². The quantitative estimate of drug-likeness (QED) is 0.790. The van der Waals surface area contributed by atoms with E-state index in [4.69, 9.17) is 0 Å². The summed E-state index contributed by atoms with van der Waals surface area (Å²) in [6, 6.07) is 4.96. The van der Waals surface area contributed by atoms with Gasteiger partial charge in [-0.3, -0.25) is 0 Å². The topological polar surface area (TPSA) is 12.9 Å². The van der Waals surface area contributed by atoms with Gasteiger partial charge in [-0.25, -0.2) is 9.37 Å². The Balaban J connectivity index is 2.03. The normalized spacial score (nSPS) is 15.4. The predicted octanol–water partition coefficient (Wildman–Crippen LogP) is 4.59. The van der Waals surface area contributed by atoms with Gasteiger partial charge in [0, 0.05) is 21.3 Å². The molecule has 0 amide bonds. The van der Waals surface area contributed by atoms with E-state index in [0.29, 0.717) is 11.5 Å². The minimum absolute atomic E-state index is 0.208. The number of halogens is 2. The molecular formula is C12H9BrFNS. The largest absolute Gasteiger partial charge is 0.241 e. The average molecular weight is 298 g/mol. The Morgan fingerprint density at radius 3 is 2.94 bits per heavy atom. The molecule has 0 bridgehead atoms. The summed E-state index contributed by atoms with van der Waals surface area (Å²) in [5.74, 6) is 0.417. The van der Waals surface area contributed by atoms with Crippen LogP contribution in [0.5, 0.6) is 0 Å². The summed E-state index contributed by atoms with van der Waals surface area (Å²) in [7, 11) is 0. The summed E-state index contributed by atoms with van der Waals surface area (Å²) in [6.07, 6.45) is 2.45. The summed E-state index contributed by atoms with van der Waals surface area (Å²) < 4.78 is 14.5. The van der Waals surface area contributed by atoms with Crippen molar-refractivity contribution in [3.63, 3.8) is 0 Å². The minimum Gasteiger partial charge on any atom is -0.241 e. The van der Waals surface area contributed by atoms with Crippen molar-refractivity contribution >= 4 is 27.3 Å².